The summed E-state index contributed by atoms with van der Waals surface area (Å²) in [6.45, 7) is 7.37. The van der Waals surface area contributed by atoms with Gasteiger partial charge in [-0.1, -0.05) is 37.5 Å². The maximum absolute atomic E-state index is 11.8. The Hall–Kier alpha value is -1.58. The van der Waals surface area contributed by atoms with Gasteiger partial charge in [-0.3, -0.25) is 0 Å². The fraction of sp³-hybridized carbons (Fsp3) is 0.684. The van der Waals surface area contributed by atoms with Crippen LogP contribution in [0.5, 0.6) is 0 Å². The summed E-state index contributed by atoms with van der Waals surface area (Å²) in [5.41, 5.74) is 0.536. The minimum atomic E-state index is -0.568. The Bertz CT molecular complexity index is 440. The first-order valence-electron chi connectivity index (χ1n) is 8.62. The molecule has 4 heteroatoms. The molecule has 0 bridgehead atoms. The van der Waals surface area contributed by atoms with Crippen molar-refractivity contribution in [3.63, 3.8) is 0 Å². The lowest BCUT2D eigenvalue weighted by Gasteiger charge is -2.22. The number of hydrogen-bond acceptors (Lipinski definition) is 3. The van der Waals surface area contributed by atoms with E-state index < -0.39 is 17.7 Å². The number of aldehydes is 1. The third-order valence-electron chi connectivity index (χ3n) is 3.80. The first-order valence-corrected chi connectivity index (χ1v) is 8.62. The van der Waals surface area contributed by atoms with Crippen molar-refractivity contribution in [2.24, 2.45) is 5.92 Å². The van der Waals surface area contributed by atoms with Gasteiger partial charge in [-0.2, -0.15) is 0 Å². The number of allylic oxidation sites excluding steroid dienone is 3. The van der Waals surface area contributed by atoms with Crippen molar-refractivity contribution in [2.45, 2.75) is 77.9 Å². The first kappa shape index (κ1) is 19.5. The highest BCUT2D eigenvalue weighted by Crippen LogP contribution is 2.26. The molecule has 0 unspecified atom stereocenters. The Morgan fingerprint density at radius 1 is 1.26 bits per heavy atom. The van der Waals surface area contributed by atoms with Crippen molar-refractivity contribution >= 4 is 12.4 Å². The number of hydrogen-bond donors (Lipinski definition) is 1. The van der Waals surface area contributed by atoms with Crippen molar-refractivity contribution in [3.8, 4) is 0 Å². The molecule has 23 heavy (non-hydrogen) atoms. The van der Waals surface area contributed by atoms with E-state index in [1.807, 2.05) is 19.1 Å². The number of rotatable bonds is 6. The molecule has 0 aliphatic heterocycles. The minimum absolute atomic E-state index is 0.504. The molecule has 0 aromatic carbocycles. The molecule has 0 aromatic rings. The molecule has 1 saturated carbocycles. The monoisotopic (exact) mass is 321 g/mol. The molecule has 0 heterocycles. The van der Waals surface area contributed by atoms with Crippen molar-refractivity contribution in [1.82, 2.24) is 5.32 Å². The van der Waals surface area contributed by atoms with Gasteiger partial charge in [0, 0.05) is 0 Å². The second kappa shape index (κ2) is 9.53. The number of alkyl carbamates (subject to hydrolysis) is 1. The van der Waals surface area contributed by atoms with E-state index in [-0.39, 0.29) is 0 Å². The fourth-order valence-corrected chi connectivity index (χ4v) is 2.86. The predicted octanol–water partition coefficient (Wildman–Crippen LogP) is 4.55. The van der Waals surface area contributed by atoms with Crippen molar-refractivity contribution in [2.75, 3.05) is 0 Å². The average Bonchev–Trinajstić information content (AvgIpc) is 2.45. The van der Waals surface area contributed by atoms with E-state index in [4.69, 9.17) is 4.74 Å². The molecule has 1 aliphatic carbocycles. The third-order valence-corrected chi connectivity index (χ3v) is 3.80. The molecule has 0 radical (unpaired) electrons. The van der Waals surface area contributed by atoms with Gasteiger partial charge in [0.25, 0.3) is 0 Å². The van der Waals surface area contributed by atoms with Gasteiger partial charge >= 0.3 is 6.09 Å². The van der Waals surface area contributed by atoms with Crippen molar-refractivity contribution in [3.05, 3.63) is 23.8 Å². The standard InChI is InChI=1S/C19H31NO3/c1-5-9-16(12-15-10-7-6-8-11-15)13-17(14-21)20-18(22)23-19(2,3)4/h5,9,12,14-15,17H,6-8,10-11,13H2,1-4H3,(H,20,22)/b9-5-,16-12+/t17-/m0/s1. The largest absolute Gasteiger partial charge is 0.444 e. The lowest BCUT2D eigenvalue weighted by atomic mass is 9.87. The maximum atomic E-state index is 11.8. The smallest absolute Gasteiger partial charge is 0.408 e. The summed E-state index contributed by atoms with van der Waals surface area (Å²) >= 11 is 0. The van der Waals surface area contributed by atoms with Crippen LogP contribution >= 0.6 is 0 Å². The SMILES string of the molecule is C/C=C\C(=C/C1CCCCC1)C[C@@H](C=O)NC(=O)OC(C)(C)C. The molecule has 1 fully saturated rings. The maximum Gasteiger partial charge on any atom is 0.408 e. The lowest BCUT2D eigenvalue weighted by Crippen LogP contribution is -2.40. The molecule has 1 amide bonds. The van der Waals surface area contributed by atoms with E-state index >= 15 is 0 Å². The highest BCUT2D eigenvalue weighted by atomic mass is 16.6. The Kier molecular flexibility index (Phi) is 8.07. The van der Waals surface area contributed by atoms with E-state index in [2.05, 4.69) is 11.4 Å². The first-order chi connectivity index (χ1) is 10.8. The van der Waals surface area contributed by atoms with Crippen molar-refractivity contribution < 1.29 is 14.3 Å². The van der Waals surface area contributed by atoms with Gasteiger partial charge in [-0.25, -0.2) is 4.79 Å². The highest BCUT2D eigenvalue weighted by Gasteiger charge is 2.20. The quantitative estimate of drug-likeness (QED) is 0.576. The van der Waals surface area contributed by atoms with Crippen LogP contribution in [0.3, 0.4) is 0 Å². The zero-order chi connectivity index (χ0) is 17.3. The van der Waals surface area contributed by atoms with Crippen LogP contribution in [0, 0.1) is 5.92 Å². The van der Waals surface area contributed by atoms with Crippen LogP contribution in [0.4, 0.5) is 4.79 Å². The van der Waals surface area contributed by atoms with Gasteiger partial charge in [0.1, 0.15) is 11.9 Å². The molecule has 0 spiro atoms. The molecular formula is C19H31NO3. The van der Waals surface area contributed by atoms with Gasteiger partial charge in [0.05, 0.1) is 6.04 Å². The van der Waals surface area contributed by atoms with Crippen LogP contribution < -0.4 is 5.32 Å². The Balaban J connectivity index is 2.66. The van der Waals surface area contributed by atoms with Gasteiger partial charge in [-0.05, 0) is 58.4 Å². The number of ether oxygens (including phenoxy) is 1. The second-order valence-electron chi connectivity index (χ2n) is 7.23. The van der Waals surface area contributed by atoms with E-state index in [0.29, 0.717) is 12.3 Å². The van der Waals surface area contributed by atoms with E-state index in [0.717, 1.165) is 11.9 Å². The summed E-state index contributed by atoms with van der Waals surface area (Å²) in [7, 11) is 0. The summed E-state index contributed by atoms with van der Waals surface area (Å²) < 4.78 is 5.22. The highest BCUT2D eigenvalue weighted by molar-refractivity contribution is 5.73. The molecule has 0 aromatic heterocycles. The second-order valence-corrected chi connectivity index (χ2v) is 7.23. The number of nitrogens with one attached hydrogen (secondary N) is 1. The van der Waals surface area contributed by atoms with Gasteiger partial charge in [-0.15, -0.1) is 0 Å². The zero-order valence-corrected chi connectivity index (χ0v) is 14.9. The Morgan fingerprint density at radius 2 is 1.91 bits per heavy atom. The fourth-order valence-electron chi connectivity index (χ4n) is 2.86. The Labute approximate surface area is 140 Å². The van der Waals surface area contributed by atoms with Crippen LogP contribution in [0.1, 0.15) is 66.2 Å². The summed E-state index contributed by atoms with van der Waals surface area (Å²) in [5.74, 6) is 0.587. The van der Waals surface area contributed by atoms with Crippen LogP contribution in [0.15, 0.2) is 23.8 Å². The lowest BCUT2D eigenvalue weighted by molar-refractivity contribution is -0.109. The van der Waals surface area contributed by atoms with Gasteiger partial charge < -0.3 is 14.8 Å². The Morgan fingerprint density at radius 3 is 2.43 bits per heavy atom. The summed E-state index contributed by atoms with van der Waals surface area (Å²) in [5, 5.41) is 2.65. The van der Waals surface area contributed by atoms with Crippen molar-refractivity contribution in [1.29, 1.82) is 0 Å². The normalized spacial score (nSPS) is 18.7. The summed E-state index contributed by atoms with van der Waals surface area (Å²) in [4.78, 5) is 23.1. The molecule has 4 nitrogen and oxygen atoms in total. The molecule has 1 N–H and O–H groups in total. The van der Waals surface area contributed by atoms with Crippen LogP contribution in [0.2, 0.25) is 0 Å². The molecular weight excluding hydrogens is 290 g/mol. The minimum Gasteiger partial charge on any atom is -0.444 e. The molecule has 1 aliphatic rings. The average molecular weight is 321 g/mol. The van der Waals surface area contributed by atoms with Crippen LogP contribution in [-0.2, 0) is 9.53 Å². The number of amides is 1. The molecule has 1 atom stereocenters. The van der Waals surface area contributed by atoms with E-state index in [9.17, 15) is 9.59 Å². The van der Waals surface area contributed by atoms with Gasteiger partial charge in [0.15, 0.2) is 0 Å². The number of carbonyl (C=O) groups is 2. The van der Waals surface area contributed by atoms with E-state index in [1.54, 1.807) is 20.8 Å². The zero-order valence-electron chi connectivity index (χ0n) is 14.9. The molecule has 1 rings (SSSR count). The van der Waals surface area contributed by atoms with Gasteiger partial charge in [0.2, 0.25) is 0 Å². The molecule has 130 valence electrons. The summed E-state index contributed by atoms with van der Waals surface area (Å²) in [6.07, 6.45) is 13.3. The molecule has 0 saturated heterocycles. The number of carbonyl (C=O) groups excluding carboxylic acids is 2. The summed E-state index contributed by atoms with van der Waals surface area (Å²) in [6, 6.07) is -0.559. The van der Waals surface area contributed by atoms with Crippen LogP contribution in [-0.4, -0.2) is 24.0 Å². The topological polar surface area (TPSA) is 55.4 Å². The van der Waals surface area contributed by atoms with Crippen LogP contribution in [0.25, 0.3) is 0 Å². The third kappa shape index (κ3) is 8.58. The predicted molar refractivity (Wildman–Crippen MR) is 93.3 cm³/mol. The van der Waals surface area contributed by atoms with E-state index in [1.165, 1.54) is 32.1 Å².